The van der Waals surface area contributed by atoms with E-state index >= 15 is 0 Å². The van der Waals surface area contributed by atoms with Crippen LogP contribution in [0.1, 0.15) is 51.2 Å². The minimum absolute atomic E-state index is 0.0321. The van der Waals surface area contributed by atoms with Crippen molar-refractivity contribution < 1.29 is 13.9 Å². The van der Waals surface area contributed by atoms with E-state index in [0.29, 0.717) is 12.3 Å². The number of benzene rings is 1. The number of hydrogen-bond donors (Lipinski definition) is 1. The van der Waals surface area contributed by atoms with Gasteiger partial charge in [-0.2, -0.15) is 0 Å². The van der Waals surface area contributed by atoms with Crippen LogP contribution in [0.5, 0.6) is 0 Å². The van der Waals surface area contributed by atoms with E-state index in [-0.39, 0.29) is 23.0 Å². The highest BCUT2D eigenvalue weighted by atomic mass is 19.2. The van der Waals surface area contributed by atoms with E-state index in [1.54, 1.807) is 12.1 Å². The molecule has 2 rings (SSSR count). The van der Waals surface area contributed by atoms with Crippen LogP contribution in [0.15, 0.2) is 12.1 Å². The molecule has 1 aromatic rings. The summed E-state index contributed by atoms with van der Waals surface area (Å²) in [5.74, 6) is -1.20. The van der Waals surface area contributed by atoms with Crippen LogP contribution in [0, 0.1) is 36.3 Å². The lowest BCUT2D eigenvalue weighted by atomic mass is 9.64. The molecule has 0 bridgehead atoms. The Labute approximate surface area is 120 Å². The molecule has 1 saturated carbocycles. The molecule has 0 aromatic heterocycles. The van der Waals surface area contributed by atoms with E-state index < -0.39 is 17.2 Å². The molecule has 0 amide bonds. The second-order valence-electron chi connectivity index (χ2n) is 6.72. The van der Waals surface area contributed by atoms with Crippen molar-refractivity contribution in [3.8, 4) is 0 Å². The molecule has 3 atom stereocenters. The van der Waals surface area contributed by atoms with E-state index in [4.69, 9.17) is 0 Å². The summed E-state index contributed by atoms with van der Waals surface area (Å²) in [6.45, 7) is 7.67. The molecule has 20 heavy (non-hydrogen) atoms. The maximum Gasteiger partial charge on any atom is 0.165 e. The van der Waals surface area contributed by atoms with Crippen molar-refractivity contribution in [2.75, 3.05) is 0 Å². The quantitative estimate of drug-likeness (QED) is 0.843. The van der Waals surface area contributed by atoms with Gasteiger partial charge in [-0.1, -0.05) is 39.3 Å². The summed E-state index contributed by atoms with van der Waals surface area (Å²) < 4.78 is 28.2. The van der Waals surface area contributed by atoms with Crippen molar-refractivity contribution in [3.63, 3.8) is 0 Å². The summed E-state index contributed by atoms with van der Waals surface area (Å²) in [6, 6.07) is 3.11. The topological polar surface area (TPSA) is 20.2 Å². The van der Waals surface area contributed by atoms with E-state index in [2.05, 4.69) is 6.92 Å². The van der Waals surface area contributed by atoms with Crippen molar-refractivity contribution in [1.82, 2.24) is 0 Å². The zero-order valence-corrected chi connectivity index (χ0v) is 12.7. The predicted molar refractivity (Wildman–Crippen MR) is 76.3 cm³/mol. The third-order valence-electron chi connectivity index (χ3n) is 4.79. The van der Waals surface area contributed by atoms with Gasteiger partial charge in [0.05, 0.1) is 5.60 Å². The fraction of sp³-hybridized carbons (Fsp3) is 0.647. The van der Waals surface area contributed by atoms with Gasteiger partial charge in [0.15, 0.2) is 11.6 Å². The molecule has 0 radical (unpaired) electrons. The molecule has 0 aliphatic heterocycles. The molecule has 0 spiro atoms. The highest BCUT2D eigenvalue weighted by Gasteiger charge is 2.45. The summed E-state index contributed by atoms with van der Waals surface area (Å²) in [4.78, 5) is 0. The highest BCUT2D eigenvalue weighted by molar-refractivity contribution is 5.31. The lowest BCUT2D eigenvalue weighted by Crippen LogP contribution is -2.43. The fourth-order valence-corrected chi connectivity index (χ4v) is 3.66. The zero-order chi connectivity index (χ0) is 15.1. The average Bonchev–Trinajstić information content (AvgIpc) is 2.35. The molecule has 0 heterocycles. The maximum absolute atomic E-state index is 14.3. The molecule has 1 N–H and O–H groups in total. The minimum Gasteiger partial charge on any atom is -0.385 e. The molecule has 112 valence electrons. The number of aryl methyl sites for hydroxylation is 1. The second-order valence-corrected chi connectivity index (χ2v) is 6.72. The maximum atomic E-state index is 14.3. The van der Waals surface area contributed by atoms with Crippen LogP contribution in [0.25, 0.3) is 0 Å². The van der Waals surface area contributed by atoms with Crippen LogP contribution >= 0.6 is 0 Å². The summed E-state index contributed by atoms with van der Waals surface area (Å²) in [6.07, 6.45) is 2.38. The van der Waals surface area contributed by atoms with Crippen LogP contribution in [-0.2, 0) is 5.60 Å². The van der Waals surface area contributed by atoms with Gasteiger partial charge in [0, 0.05) is 5.56 Å². The Hall–Kier alpha value is -0.960. The van der Waals surface area contributed by atoms with Crippen molar-refractivity contribution in [3.05, 3.63) is 34.9 Å². The zero-order valence-electron chi connectivity index (χ0n) is 12.7. The summed E-state index contributed by atoms with van der Waals surface area (Å²) in [7, 11) is 0. The van der Waals surface area contributed by atoms with Gasteiger partial charge in [-0.3, -0.25) is 0 Å². The van der Waals surface area contributed by atoms with Crippen molar-refractivity contribution in [1.29, 1.82) is 0 Å². The Morgan fingerprint density at radius 3 is 2.45 bits per heavy atom. The van der Waals surface area contributed by atoms with Gasteiger partial charge in [-0.15, -0.1) is 0 Å². The van der Waals surface area contributed by atoms with Gasteiger partial charge >= 0.3 is 0 Å². The predicted octanol–water partition coefficient (Wildman–Crippen LogP) is 4.55. The first-order valence-corrected chi connectivity index (χ1v) is 7.44. The Balaban J connectivity index is 2.53. The van der Waals surface area contributed by atoms with Crippen molar-refractivity contribution in [2.45, 2.75) is 52.6 Å². The Morgan fingerprint density at radius 1 is 1.20 bits per heavy atom. The Bertz CT molecular complexity index is 498. The third kappa shape index (κ3) is 2.48. The second kappa shape index (κ2) is 5.44. The molecule has 0 saturated heterocycles. The van der Waals surface area contributed by atoms with Gasteiger partial charge in [-0.25, -0.2) is 8.78 Å². The SMILES string of the molecule is Cc1ccc(C2(O)CC(C)CCC2C(C)C)c(F)c1F. The molecule has 1 nitrogen and oxygen atoms in total. The van der Waals surface area contributed by atoms with E-state index in [0.717, 1.165) is 12.8 Å². The first-order valence-electron chi connectivity index (χ1n) is 7.44. The number of aliphatic hydroxyl groups is 1. The first kappa shape index (κ1) is 15.4. The largest absolute Gasteiger partial charge is 0.385 e. The molecule has 3 heteroatoms. The standard InChI is InChI=1S/C17H24F2O/c1-10(2)13-7-5-11(3)9-17(13,20)14-8-6-12(4)15(18)16(14)19/h6,8,10-11,13,20H,5,7,9H2,1-4H3. The summed E-state index contributed by atoms with van der Waals surface area (Å²) in [5.41, 5.74) is -0.851. The first-order chi connectivity index (χ1) is 9.27. The molecule has 1 aliphatic rings. The van der Waals surface area contributed by atoms with Gasteiger partial charge in [0.2, 0.25) is 0 Å². The molecule has 1 fully saturated rings. The Kier molecular flexibility index (Phi) is 4.19. The van der Waals surface area contributed by atoms with Gasteiger partial charge in [0.1, 0.15) is 0 Å². The van der Waals surface area contributed by atoms with E-state index in [1.807, 2.05) is 13.8 Å². The lowest BCUT2D eigenvalue weighted by molar-refractivity contribution is -0.0891. The summed E-state index contributed by atoms with van der Waals surface area (Å²) in [5, 5.41) is 11.1. The molecule has 1 aliphatic carbocycles. The van der Waals surface area contributed by atoms with Gasteiger partial charge in [-0.05, 0) is 43.1 Å². The van der Waals surface area contributed by atoms with Crippen LogP contribution in [0.3, 0.4) is 0 Å². The molecular weight excluding hydrogens is 258 g/mol. The minimum atomic E-state index is -1.26. The van der Waals surface area contributed by atoms with Crippen LogP contribution in [-0.4, -0.2) is 5.11 Å². The molecular formula is C17H24F2O. The Morgan fingerprint density at radius 2 is 1.85 bits per heavy atom. The van der Waals surface area contributed by atoms with Crippen LogP contribution in [0.4, 0.5) is 8.78 Å². The average molecular weight is 282 g/mol. The number of hydrogen-bond acceptors (Lipinski definition) is 1. The van der Waals surface area contributed by atoms with E-state index in [1.165, 1.54) is 6.92 Å². The number of halogens is 2. The molecule has 1 aromatic carbocycles. The van der Waals surface area contributed by atoms with Crippen molar-refractivity contribution in [2.24, 2.45) is 17.8 Å². The van der Waals surface area contributed by atoms with Crippen molar-refractivity contribution >= 4 is 0 Å². The monoisotopic (exact) mass is 282 g/mol. The lowest BCUT2D eigenvalue weighted by Gasteiger charge is -2.45. The third-order valence-corrected chi connectivity index (χ3v) is 4.79. The normalized spacial score (nSPS) is 30.8. The van der Waals surface area contributed by atoms with Crippen LogP contribution in [0.2, 0.25) is 0 Å². The summed E-state index contributed by atoms with van der Waals surface area (Å²) >= 11 is 0. The smallest absolute Gasteiger partial charge is 0.165 e. The fourth-order valence-electron chi connectivity index (χ4n) is 3.66. The van der Waals surface area contributed by atoms with Gasteiger partial charge in [0.25, 0.3) is 0 Å². The van der Waals surface area contributed by atoms with Gasteiger partial charge < -0.3 is 5.11 Å². The molecule has 3 unspecified atom stereocenters. The number of rotatable bonds is 2. The highest BCUT2D eigenvalue weighted by Crippen LogP contribution is 2.48. The van der Waals surface area contributed by atoms with E-state index in [9.17, 15) is 13.9 Å². The van der Waals surface area contributed by atoms with Crippen LogP contribution < -0.4 is 0 Å².